The van der Waals surface area contributed by atoms with E-state index in [0.29, 0.717) is 0 Å². The van der Waals surface area contributed by atoms with E-state index in [1.165, 1.54) is 0 Å². The molecule has 1 heterocycles. The Balaban J connectivity index is 2.19. The first-order valence-electron chi connectivity index (χ1n) is 2.88. The van der Waals surface area contributed by atoms with Crippen molar-refractivity contribution in [2.75, 3.05) is 13.1 Å². The second kappa shape index (κ2) is 2.67. The van der Waals surface area contributed by atoms with Crippen molar-refractivity contribution in [1.82, 2.24) is 4.42 Å². The van der Waals surface area contributed by atoms with Crippen LogP contribution in [-0.2, 0) is 0 Å². The van der Waals surface area contributed by atoms with Crippen molar-refractivity contribution in [3.63, 3.8) is 0 Å². The van der Waals surface area contributed by atoms with Gasteiger partial charge in [-0.05, 0) is 24.6 Å². The highest BCUT2D eigenvalue weighted by atomic mass is 35.5. The fourth-order valence-corrected chi connectivity index (χ4v) is 1.03. The van der Waals surface area contributed by atoms with Crippen LogP contribution < -0.4 is 0 Å². The summed E-state index contributed by atoms with van der Waals surface area (Å²) in [7, 11) is 0. The van der Waals surface area contributed by atoms with Crippen molar-refractivity contribution in [3.8, 4) is 0 Å². The average Bonchev–Trinajstić information content (AvgIpc) is 1.77. The molecule has 0 aromatic carbocycles. The summed E-state index contributed by atoms with van der Waals surface area (Å²) in [6.07, 6.45) is 1.54. The van der Waals surface area contributed by atoms with Crippen LogP contribution in [0.25, 0.3) is 0 Å². The average molecular weight is 136 g/mol. The second-order valence-electron chi connectivity index (χ2n) is 2.14. The number of halogens is 1. The van der Waals surface area contributed by atoms with Crippen LogP contribution in [0.2, 0.25) is 0 Å². The molecule has 0 aliphatic carbocycles. The first kappa shape index (κ1) is 6.33. The molecule has 0 aromatic heterocycles. The number of piperidine rings is 1. The van der Waals surface area contributed by atoms with Gasteiger partial charge < -0.3 is 5.11 Å². The third-order valence-corrected chi connectivity index (χ3v) is 1.75. The zero-order chi connectivity index (χ0) is 5.98. The Bertz CT molecular complexity index is 60.8. The molecular weight excluding hydrogens is 126 g/mol. The molecule has 1 N–H and O–H groups in total. The molecule has 0 unspecified atom stereocenters. The Hall–Kier alpha value is 0.210. The second-order valence-corrected chi connectivity index (χ2v) is 2.62. The van der Waals surface area contributed by atoms with E-state index in [4.69, 9.17) is 16.9 Å². The highest BCUT2D eigenvalue weighted by Crippen LogP contribution is 2.10. The van der Waals surface area contributed by atoms with Crippen molar-refractivity contribution >= 4 is 11.8 Å². The monoisotopic (exact) mass is 135 g/mol. The van der Waals surface area contributed by atoms with E-state index in [1.807, 2.05) is 0 Å². The van der Waals surface area contributed by atoms with Gasteiger partial charge in [0.25, 0.3) is 0 Å². The summed E-state index contributed by atoms with van der Waals surface area (Å²) in [5.74, 6) is 0. The molecule has 0 radical (unpaired) electrons. The van der Waals surface area contributed by atoms with Crippen LogP contribution >= 0.6 is 11.8 Å². The van der Waals surface area contributed by atoms with Gasteiger partial charge >= 0.3 is 0 Å². The van der Waals surface area contributed by atoms with Gasteiger partial charge in [-0.2, -0.15) is 0 Å². The molecule has 3 heteroatoms. The number of aliphatic hydroxyl groups is 1. The van der Waals surface area contributed by atoms with Crippen molar-refractivity contribution in [1.29, 1.82) is 0 Å². The maximum Gasteiger partial charge on any atom is 0.0565 e. The third-order valence-electron chi connectivity index (χ3n) is 1.41. The van der Waals surface area contributed by atoms with Crippen LogP contribution in [0.1, 0.15) is 12.8 Å². The largest absolute Gasteiger partial charge is 0.393 e. The van der Waals surface area contributed by atoms with E-state index in [2.05, 4.69) is 0 Å². The first-order valence-corrected chi connectivity index (χ1v) is 3.21. The quantitative estimate of drug-likeness (QED) is 0.492. The minimum Gasteiger partial charge on any atom is -0.393 e. The number of hydrogen-bond donors (Lipinski definition) is 1. The summed E-state index contributed by atoms with van der Waals surface area (Å²) >= 11 is 5.60. The topological polar surface area (TPSA) is 23.5 Å². The first-order chi connectivity index (χ1) is 3.79. The van der Waals surface area contributed by atoms with Crippen molar-refractivity contribution in [2.45, 2.75) is 18.9 Å². The van der Waals surface area contributed by atoms with Gasteiger partial charge in [-0.3, -0.25) is 0 Å². The highest BCUT2D eigenvalue weighted by molar-refractivity contribution is 6.13. The summed E-state index contributed by atoms with van der Waals surface area (Å²) in [5.41, 5.74) is 0. The molecule has 0 spiro atoms. The summed E-state index contributed by atoms with van der Waals surface area (Å²) in [6, 6.07) is 0. The van der Waals surface area contributed by atoms with E-state index < -0.39 is 0 Å². The molecule has 1 rings (SSSR count). The molecule has 0 bridgehead atoms. The minimum atomic E-state index is -0.106. The van der Waals surface area contributed by atoms with Gasteiger partial charge in [0.2, 0.25) is 0 Å². The minimum absolute atomic E-state index is 0.106. The Morgan fingerprint density at radius 2 is 1.88 bits per heavy atom. The lowest BCUT2D eigenvalue weighted by atomic mass is 10.1. The molecule has 48 valence electrons. The Labute approximate surface area is 54.2 Å². The van der Waals surface area contributed by atoms with Crippen LogP contribution in [0, 0.1) is 0 Å². The van der Waals surface area contributed by atoms with Gasteiger partial charge in [0.05, 0.1) is 6.10 Å². The highest BCUT2D eigenvalue weighted by Gasteiger charge is 2.13. The van der Waals surface area contributed by atoms with E-state index in [1.54, 1.807) is 4.42 Å². The standard InChI is InChI=1S/C5H10ClNO/c6-7-3-1-5(8)2-4-7/h5,8H,1-4H2. The fraction of sp³-hybridized carbons (Fsp3) is 1.00. The molecule has 0 amide bonds. The van der Waals surface area contributed by atoms with Gasteiger partial charge in [0.1, 0.15) is 0 Å². The van der Waals surface area contributed by atoms with E-state index in [9.17, 15) is 0 Å². The molecular formula is C5H10ClNO. The third kappa shape index (κ3) is 1.62. The SMILES string of the molecule is OC1CCN(Cl)CC1. The summed E-state index contributed by atoms with van der Waals surface area (Å²) in [5, 5.41) is 8.94. The predicted molar refractivity (Wildman–Crippen MR) is 32.7 cm³/mol. The van der Waals surface area contributed by atoms with Crippen LogP contribution in [0.15, 0.2) is 0 Å². The lowest BCUT2D eigenvalue weighted by Crippen LogP contribution is -2.29. The van der Waals surface area contributed by atoms with Gasteiger partial charge in [0.15, 0.2) is 0 Å². The number of rotatable bonds is 0. The summed E-state index contributed by atoms with van der Waals surface area (Å²) in [4.78, 5) is 0. The maximum atomic E-state index is 8.94. The molecule has 0 aromatic rings. The van der Waals surface area contributed by atoms with Crippen molar-refractivity contribution in [3.05, 3.63) is 0 Å². The van der Waals surface area contributed by atoms with Crippen LogP contribution in [0.4, 0.5) is 0 Å². The lowest BCUT2D eigenvalue weighted by Gasteiger charge is -2.22. The van der Waals surface area contributed by atoms with E-state index in [-0.39, 0.29) is 6.10 Å². The van der Waals surface area contributed by atoms with Gasteiger partial charge in [-0.25, -0.2) is 4.42 Å². The summed E-state index contributed by atoms with van der Waals surface area (Å²) in [6.45, 7) is 1.64. The molecule has 2 nitrogen and oxygen atoms in total. The maximum absolute atomic E-state index is 8.94. The molecule has 1 fully saturated rings. The van der Waals surface area contributed by atoms with E-state index in [0.717, 1.165) is 25.9 Å². The van der Waals surface area contributed by atoms with Gasteiger partial charge in [-0.1, -0.05) is 0 Å². The van der Waals surface area contributed by atoms with E-state index >= 15 is 0 Å². The van der Waals surface area contributed by atoms with Gasteiger partial charge in [0, 0.05) is 13.1 Å². The zero-order valence-corrected chi connectivity index (χ0v) is 5.43. The Morgan fingerprint density at radius 3 is 2.25 bits per heavy atom. The predicted octanol–water partition coefficient (Wildman–Crippen LogP) is 0.597. The number of hydrogen-bond acceptors (Lipinski definition) is 2. The summed E-state index contributed by atoms with van der Waals surface area (Å²) < 4.78 is 1.72. The molecule has 1 aliphatic heterocycles. The lowest BCUT2D eigenvalue weighted by molar-refractivity contribution is 0.114. The normalized spacial score (nSPS) is 26.2. The molecule has 0 saturated carbocycles. The fourth-order valence-electron chi connectivity index (χ4n) is 0.834. The molecule has 1 saturated heterocycles. The Morgan fingerprint density at radius 1 is 1.38 bits per heavy atom. The van der Waals surface area contributed by atoms with Crippen molar-refractivity contribution in [2.24, 2.45) is 0 Å². The van der Waals surface area contributed by atoms with Crippen molar-refractivity contribution < 1.29 is 5.11 Å². The number of nitrogens with zero attached hydrogens (tertiary/aromatic N) is 1. The van der Waals surface area contributed by atoms with Crippen LogP contribution in [-0.4, -0.2) is 28.7 Å². The molecule has 8 heavy (non-hydrogen) atoms. The smallest absolute Gasteiger partial charge is 0.0565 e. The molecule has 1 aliphatic rings. The van der Waals surface area contributed by atoms with Crippen LogP contribution in [0.5, 0.6) is 0 Å². The Kier molecular flexibility index (Phi) is 2.11. The molecule has 0 atom stereocenters. The number of aliphatic hydroxyl groups excluding tert-OH is 1. The zero-order valence-electron chi connectivity index (χ0n) is 4.68. The van der Waals surface area contributed by atoms with Gasteiger partial charge in [-0.15, -0.1) is 0 Å². The van der Waals surface area contributed by atoms with Crippen LogP contribution in [0.3, 0.4) is 0 Å².